The van der Waals surface area contributed by atoms with E-state index in [9.17, 15) is 0 Å². The molecule has 0 bridgehead atoms. The Morgan fingerprint density at radius 3 is 1.17 bits per heavy atom. The maximum atomic E-state index is 8.89. The number of halogens is 1. The Morgan fingerprint density at radius 2 is 0.875 bits per heavy atom. The van der Waals surface area contributed by atoms with Crippen molar-refractivity contribution in [2.24, 2.45) is 0 Å². The second kappa shape index (κ2) is 25.4. The molecule has 0 aromatic heterocycles. The number of benzene rings is 3. The van der Waals surface area contributed by atoms with Gasteiger partial charge in [0, 0.05) is 14.7 Å². The van der Waals surface area contributed by atoms with Crippen molar-refractivity contribution in [2.75, 3.05) is 39.6 Å². The Balaban J connectivity index is 0.000000365. The van der Waals surface area contributed by atoms with E-state index < -0.39 is 26.4 Å². The van der Waals surface area contributed by atoms with Crippen LogP contribution >= 0.6 is 22.6 Å². The van der Waals surface area contributed by atoms with Gasteiger partial charge in [-0.1, -0.05) is 67.9 Å². The molecule has 0 saturated carbocycles. The Kier molecular flexibility index (Phi) is 22.9. The van der Waals surface area contributed by atoms with Gasteiger partial charge in [0.25, 0.3) is 0 Å². The number of hydrogen-bond acceptors (Lipinski definition) is 9. The van der Waals surface area contributed by atoms with Crippen molar-refractivity contribution in [2.45, 2.75) is 57.8 Å². The molecule has 48 heavy (non-hydrogen) atoms. The third-order valence-corrected chi connectivity index (χ3v) is 7.84. The molecular formula is C37H49IO9Si. The summed E-state index contributed by atoms with van der Waals surface area (Å²) in [7, 11) is -1.33. The average molecular weight is 793 g/mol. The molecule has 3 aromatic carbocycles. The van der Waals surface area contributed by atoms with Gasteiger partial charge in [-0.15, -0.1) is 12.0 Å². The number of aliphatic hydroxyl groups is 6. The van der Waals surface area contributed by atoms with Crippen LogP contribution in [0.3, 0.4) is 0 Å². The first kappa shape index (κ1) is 43.4. The first-order valence-electron chi connectivity index (χ1n) is 15.4. The predicted molar refractivity (Wildman–Crippen MR) is 198 cm³/mol. The lowest BCUT2D eigenvalue weighted by Crippen LogP contribution is -2.21. The Morgan fingerprint density at radius 1 is 0.562 bits per heavy atom. The summed E-state index contributed by atoms with van der Waals surface area (Å²) >= 11 is 2.23. The third-order valence-electron chi connectivity index (χ3n) is 6.25. The molecule has 6 N–H and O–H groups in total. The fourth-order valence-electron chi connectivity index (χ4n) is 3.35. The second-order valence-electron chi connectivity index (χ2n) is 11.6. The van der Waals surface area contributed by atoms with Crippen molar-refractivity contribution in [1.82, 2.24) is 0 Å². The van der Waals surface area contributed by atoms with E-state index >= 15 is 0 Å². The number of aliphatic hydroxyl groups excluding tert-OH is 6. The summed E-state index contributed by atoms with van der Waals surface area (Å²) in [5.41, 5.74) is 8.15. The minimum absolute atomic E-state index is 0.152. The van der Waals surface area contributed by atoms with Crippen molar-refractivity contribution in [1.29, 1.82) is 0 Å². The SMILES string of the molecule is C#Cc1ccc(COC(CO)CO)cc1.C[Si](C)(C)C#Cc1ccc(COC(CO)CO)cc1.OCC(CO)OCc1ccc(I)cc1. The van der Waals surface area contributed by atoms with E-state index in [4.69, 9.17) is 51.3 Å². The zero-order valence-electron chi connectivity index (χ0n) is 27.9. The first-order chi connectivity index (χ1) is 23.0. The zero-order chi connectivity index (χ0) is 35.8. The van der Waals surface area contributed by atoms with Gasteiger partial charge < -0.3 is 44.8 Å². The van der Waals surface area contributed by atoms with Crippen molar-refractivity contribution in [3.63, 3.8) is 0 Å². The van der Waals surface area contributed by atoms with Crippen LogP contribution in [0.5, 0.6) is 0 Å². The summed E-state index contributed by atoms with van der Waals surface area (Å²) < 4.78 is 17.0. The molecular weight excluding hydrogens is 743 g/mol. The maximum Gasteiger partial charge on any atom is 0.129 e. The standard InChI is InChI=1S/C15H22O3Si.C12H14O3.C10H13IO3/c1-19(2,3)9-8-13-4-6-14(7-5-13)12-18-15(10-16)11-17;1-2-10-3-5-11(6-4-10)9-15-12(7-13)8-14;11-9-3-1-8(2-4-9)7-14-10(5-12)6-13/h4-7,15-17H,10-12H2,1-3H3;1,3-6,12-14H,7-9H2;1-4,10,12-13H,5-7H2. The number of ether oxygens (including phenoxy) is 3. The predicted octanol–water partition coefficient (Wildman–Crippen LogP) is 3.48. The van der Waals surface area contributed by atoms with E-state index in [-0.39, 0.29) is 39.6 Å². The van der Waals surface area contributed by atoms with E-state index in [0.29, 0.717) is 19.8 Å². The van der Waals surface area contributed by atoms with E-state index in [2.05, 4.69) is 59.6 Å². The fraction of sp³-hybridized carbons (Fsp3) is 0.405. The van der Waals surface area contributed by atoms with Crippen molar-refractivity contribution in [3.05, 3.63) is 104 Å². The van der Waals surface area contributed by atoms with E-state index in [1.165, 1.54) is 3.57 Å². The summed E-state index contributed by atoms with van der Waals surface area (Å²) in [6.07, 6.45) is 3.72. The Labute approximate surface area is 299 Å². The van der Waals surface area contributed by atoms with Crippen molar-refractivity contribution >= 4 is 30.7 Å². The van der Waals surface area contributed by atoms with Gasteiger partial charge in [0.05, 0.1) is 59.5 Å². The molecule has 0 atom stereocenters. The minimum atomic E-state index is -1.33. The lowest BCUT2D eigenvalue weighted by molar-refractivity contribution is -0.0285. The van der Waals surface area contributed by atoms with Crippen molar-refractivity contribution < 1.29 is 44.8 Å². The zero-order valence-corrected chi connectivity index (χ0v) is 31.0. The molecule has 0 heterocycles. The molecule has 0 aliphatic heterocycles. The first-order valence-corrected chi connectivity index (χ1v) is 20.0. The summed E-state index contributed by atoms with van der Waals surface area (Å²) in [5, 5.41) is 52.9. The van der Waals surface area contributed by atoms with Gasteiger partial charge >= 0.3 is 0 Å². The molecule has 0 unspecified atom stereocenters. The molecule has 0 amide bonds. The van der Waals surface area contributed by atoms with Crippen LogP contribution in [0.2, 0.25) is 19.6 Å². The summed E-state index contributed by atoms with van der Waals surface area (Å²) in [6, 6.07) is 23.1. The highest BCUT2D eigenvalue weighted by atomic mass is 127. The highest BCUT2D eigenvalue weighted by Crippen LogP contribution is 2.10. The molecule has 3 rings (SSSR count). The van der Waals surface area contributed by atoms with Gasteiger partial charge in [-0.2, -0.15) is 0 Å². The number of hydrogen-bond donors (Lipinski definition) is 6. The Hall–Kier alpha value is -2.63. The molecule has 0 radical (unpaired) electrons. The van der Waals surface area contributed by atoms with Crippen LogP contribution in [0.25, 0.3) is 0 Å². The molecule has 0 aliphatic carbocycles. The maximum absolute atomic E-state index is 8.89. The Bertz CT molecular complexity index is 1350. The van der Waals surface area contributed by atoms with Crippen LogP contribution in [-0.2, 0) is 34.0 Å². The summed E-state index contributed by atoms with van der Waals surface area (Å²) in [6.45, 7) is 6.80. The smallest absolute Gasteiger partial charge is 0.129 e. The normalized spacial score (nSPS) is 10.8. The van der Waals surface area contributed by atoms with Gasteiger partial charge in [0.2, 0.25) is 0 Å². The van der Waals surface area contributed by atoms with Gasteiger partial charge in [-0.3, -0.25) is 0 Å². The molecule has 262 valence electrons. The lowest BCUT2D eigenvalue weighted by atomic mass is 10.1. The molecule has 3 aromatic rings. The number of terminal acetylenes is 1. The van der Waals surface area contributed by atoms with Crippen molar-refractivity contribution in [3.8, 4) is 23.8 Å². The summed E-state index contributed by atoms with van der Waals surface area (Å²) in [4.78, 5) is 0. The van der Waals surface area contributed by atoms with Gasteiger partial charge in [0.15, 0.2) is 0 Å². The van der Waals surface area contributed by atoms with Crippen LogP contribution in [0.4, 0.5) is 0 Å². The van der Waals surface area contributed by atoms with Crippen LogP contribution in [0.15, 0.2) is 72.8 Å². The third kappa shape index (κ3) is 20.0. The van der Waals surface area contributed by atoms with Crippen LogP contribution in [0, 0.1) is 27.4 Å². The molecule has 11 heteroatoms. The van der Waals surface area contributed by atoms with E-state index in [0.717, 1.165) is 27.8 Å². The topological polar surface area (TPSA) is 149 Å². The molecule has 0 fully saturated rings. The van der Waals surface area contributed by atoms with Crippen LogP contribution in [0.1, 0.15) is 27.8 Å². The molecule has 9 nitrogen and oxygen atoms in total. The molecule has 0 aliphatic rings. The van der Waals surface area contributed by atoms with E-state index in [1.54, 1.807) is 0 Å². The van der Waals surface area contributed by atoms with Gasteiger partial charge in [0.1, 0.15) is 26.4 Å². The lowest BCUT2D eigenvalue weighted by Gasteiger charge is -2.12. The summed E-state index contributed by atoms with van der Waals surface area (Å²) in [5.74, 6) is 5.71. The number of rotatable bonds is 15. The average Bonchev–Trinajstić information content (AvgIpc) is 3.10. The monoisotopic (exact) mass is 792 g/mol. The van der Waals surface area contributed by atoms with Gasteiger partial charge in [-0.25, -0.2) is 0 Å². The fourth-order valence-corrected chi connectivity index (χ4v) is 4.23. The largest absolute Gasteiger partial charge is 0.394 e. The molecule has 0 spiro atoms. The van der Waals surface area contributed by atoms with Gasteiger partial charge in [-0.05, 0) is 75.7 Å². The molecule has 0 saturated heterocycles. The minimum Gasteiger partial charge on any atom is -0.394 e. The van der Waals surface area contributed by atoms with Crippen LogP contribution in [-0.4, -0.2) is 96.7 Å². The second-order valence-corrected chi connectivity index (χ2v) is 17.6. The highest BCUT2D eigenvalue weighted by Gasteiger charge is 2.09. The highest BCUT2D eigenvalue weighted by molar-refractivity contribution is 14.1. The quantitative estimate of drug-likeness (QED) is 0.0774. The van der Waals surface area contributed by atoms with E-state index in [1.807, 2.05) is 72.8 Å². The van der Waals surface area contributed by atoms with Crippen LogP contribution < -0.4 is 0 Å².